The van der Waals surface area contributed by atoms with Gasteiger partial charge in [-0.1, -0.05) is 18.2 Å². The van der Waals surface area contributed by atoms with Crippen LogP contribution in [0.15, 0.2) is 30.3 Å². The van der Waals surface area contributed by atoms with Crippen LogP contribution < -0.4 is 10.6 Å². The zero-order chi connectivity index (χ0) is 18.7. The first-order valence-corrected chi connectivity index (χ1v) is 9.01. The Balaban J connectivity index is 1.50. The van der Waals surface area contributed by atoms with Crippen LogP contribution in [0.2, 0.25) is 0 Å². The molecule has 0 radical (unpaired) electrons. The first kappa shape index (κ1) is 18.7. The molecule has 26 heavy (non-hydrogen) atoms. The third-order valence-electron chi connectivity index (χ3n) is 4.32. The monoisotopic (exact) mass is 382 g/mol. The van der Waals surface area contributed by atoms with E-state index in [1.807, 2.05) is 31.2 Å². The van der Waals surface area contributed by atoms with Gasteiger partial charge in [-0.25, -0.2) is 0 Å². The molecular formula is C18H21F3N4S. The van der Waals surface area contributed by atoms with E-state index in [2.05, 4.69) is 15.7 Å². The molecule has 1 heterocycles. The molecule has 1 aromatic heterocycles. The predicted molar refractivity (Wildman–Crippen MR) is 99.2 cm³/mol. The van der Waals surface area contributed by atoms with Crippen molar-refractivity contribution < 1.29 is 13.2 Å². The van der Waals surface area contributed by atoms with Crippen LogP contribution in [0.3, 0.4) is 0 Å². The first-order chi connectivity index (χ1) is 12.3. The van der Waals surface area contributed by atoms with Crippen molar-refractivity contribution in [2.24, 2.45) is 0 Å². The maximum absolute atomic E-state index is 12.9. The van der Waals surface area contributed by atoms with E-state index >= 15 is 0 Å². The molecule has 0 saturated heterocycles. The highest BCUT2D eigenvalue weighted by Crippen LogP contribution is 2.42. The molecular weight excluding hydrogens is 361 g/mol. The molecule has 0 unspecified atom stereocenters. The van der Waals surface area contributed by atoms with Crippen LogP contribution in [0.5, 0.6) is 0 Å². The second-order valence-corrected chi connectivity index (χ2v) is 6.91. The Bertz CT molecular complexity index is 781. The summed E-state index contributed by atoms with van der Waals surface area (Å²) >= 11 is 5.26. The summed E-state index contributed by atoms with van der Waals surface area (Å²) in [5.74, 6) is 0.218. The Morgan fingerprint density at radius 1 is 1.31 bits per heavy atom. The fourth-order valence-corrected chi connectivity index (χ4v) is 2.98. The molecule has 1 saturated carbocycles. The van der Waals surface area contributed by atoms with E-state index in [0.29, 0.717) is 30.3 Å². The number of hydrogen-bond acceptors (Lipinski definition) is 2. The van der Waals surface area contributed by atoms with E-state index in [1.54, 1.807) is 0 Å². The van der Waals surface area contributed by atoms with Gasteiger partial charge in [-0.05, 0) is 56.1 Å². The van der Waals surface area contributed by atoms with Gasteiger partial charge in [-0.15, -0.1) is 0 Å². The van der Waals surface area contributed by atoms with Gasteiger partial charge >= 0.3 is 6.18 Å². The molecule has 3 rings (SSSR count). The van der Waals surface area contributed by atoms with Crippen molar-refractivity contribution in [3.63, 3.8) is 0 Å². The Kier molecular flexibility index (Phi) is 5.50. The smallest absolute Gasteiger partial charge is 0.362 e. The summed E-state index contributed by atoms with van der Waals surface area (Å²) in [6.45, 7) is 2.98. The number of hydrogen-bond donors (Lipinski definition) is 2. The predicted octanol–water partition coefficient (Wildman–Crippen LogP) is 4.46. The maximum atomic E-state index is 12.9. The SMILES string of the molecule is Cc1ccccc1NC(=S)NCCCn1nc(C(F)(F)F)cc1C1CC1. The average Bonchev–Trinajstić information content (AvgIpc) is 3.32. The second-order valence-electron chi connectivity index (χ2n) is 6.50. The highest BCUT2D eigenvalue weighted by atomic mass is 32.1. The second kappa shape index (κ2) is 7.65. The Hall–Kier alpha value is -2.09. The largest absolute Gasteiger partial charge is 0.435 e. The molecule has 0 aliphatic heterocycles. The van der Waals surface area contributed by atoms with Crippen molar-refractivity contribution in [1.29, 1.82) is 0 Å². The van der Waals surface area contributed by atoms with Gasteiger partial charge in [0, 0.05) is 30.4 Å². The molecule has 1 aromatic carbocycles. The van der Waals surface area contributed by atoms with Crippen LogP contribution in [-0.4, -0.2) is 21.4 Å². The fraction of sp³-hybridized carbons (Fsp3) is 0.444. The van der Waals surface area contributed by atoms with Crippen molar-refractivity contribution >= 4 is 23.0 Å². The molecule has 1 fully saturated rings. The van der Waals surface area contributed by atoms with E-state index in [0.717, 1.165) is 24.1 Å². The third kappa shape index (κ3) is 4.75. The number of para-hydroxylation sites is 1. The molecule has 4 nitrogen and oxygen atoms in total. The van der Waals surface area contributed by atoms with Gasteiger partial charge in [-0.2, -0.15) is 18.3 Å². The zero-order valence-electron chi connectivity index (χ0n) is 14.4. The molecule has 0 spiro atoms. The van der Waals surface area contributed by atoms with E-state index in [9.17, 15) is 13.2 Å². The number of rotatable bonds is 6. The lowest BCUT2D eigenvalue weighted by Crippen LogP contribution is -2.30. The summed E-state index contributed by atoms with van der Waals surface area (Å²) in [7, 11) is 0. The fourth-order valence-electron chi connectivity index (χ4n) is 2.77. The Labute approximate surface area is 155 Å². The number of anilines is 1. The number of aryl methyl sites for hydroxylation is 2. The summed E-state index contributed by atoms with van der Waals surface area (Å²) in [5.41, 5.74) is 1.91. The van der Waals surface area contributed by atoms with Crippen LogP contribution in [0.4, 0.5) is 18.9 Å². The van der Waals surface area contributed by atoms with Crippen molar-refractivity contribution in [1.82, 2.24) is 15.1 Å². The molecule has 8 heteroatoms. The van der Waals surface area contributed by atoms with Gasteiger partial charge in [0.25, 0.3) is 0 Å². The van der Waals surface area contributed by atoms with Crippen molar-refractivity contribution in [2.45, 2.75) is 44.8 Å². The topological polar surface area (TPSA) is 41.9 Å². The minimum Gasteiger partial charge on any atom is -0.362 e. The molecule has 0 bridgehead atoms. The molecule has 1 aliphatic carbocycles. The van der Waals surface area contributed by atoms with Crippen LogP contribution in [0.1, 0.15) is 42.1 Å². The zero-order valence-corrected chi connectivity index (χ0v) is 15.3. The Morgan fingerprint density at radius 3 is 2.69 bits per heavy atom. The number of halogens is 3. The lowest BCUT2D eigenvalue weighted by molar-refractivity contribution is -0.141. The van der Waals surface area contributed by atoms with Crippen LogP contribution in [-0.2, 0) is 12.7 Å². The quantitative estimate of drug-likeness (QED) is 0.572. The van der Waals surface area contributed by atoms with Gasteiger partial charge in [0.15, 0.2) is 10.8 Å². The molecule has 1 aliphatic rings. The Morgan fingerprint density at radius 2 is 2.04 bits per heavy atom. The molecule has 2 aromatic rings. The van der Waals surface area contributed by atoms with Crippen LogP contribution in [0, 0.1) is 6.92 Å². The highest BCUT2D eigenvalue weighted by Gasteiger charge is 2.37. The molecule has 2 N–H and O–H groups in total. The van der Waals surface area contributed by atoms with Crippen molar-refractivity contribution in [3.8, 4) is 0 Å². The lowest BCUT2D eigenvalue weighted by atomic mass is 10.2. The third-order valence-corrected chi connectivity index (χ3v) is 4.57. The number of nitrogens with one attached hydrogen (secondary N) is 2. The molecule has 0 atom stereocenters. The molecule has 0 amide bonds. The summed E-state index contributed by atoms with van der Waals surface area (Å²) in [6.07, 6.45) is -1.89. The summed E-state index contributed by atoms with van der Waals surface area (Å²) in [6, 6.07) is 8.99. The maximum Gasteiger partial charge on any atom is 0.435 e. The first-order valence-electron chi connectivity index (χ1n) is 8.60. The standard InChI is InChI=1S/C18H21F3N4S/c1-12-5-2-3-6-14(12)23-17(26)22-9-4-10-25-15(13-7-8-13)11-16(24-25)18(19,20)21/h2-3,5-6,11,13H,4,7-10H2,1H3,(H2,22,23,26). The van der Waals surface area contributed by atoms with Crippen LogP contribution >= 0.6 is 12.2 Å². The van der Waals surface area contributed by atoms with Gasteiger partial charge in [0.1, 0.15) is 0 Å². The minimum absolute atomic E-state index is 0.218. The number of thiocarbonyl (C=S) groups is 1. The van der Waals surface area contributed by atoms with Gasteiger partial charge in [0.2, 0.25) is 0 Å². The number of benzene rings is 1. The summed E-state index contributed by atoms with van der Waals surface area (Å²) in [5, 5.41) is 10.5. The number of alkyl halides is 3. The van der Waals surface area contributed by atoms with Gasteiger partial charge < -0.3 is 10.6 Å². The number of aromatic nitrogens is 2. The van der Waals surface area contributed by atoms with Crippen molar-refractivity contribution in [2.75, 3.05) is 11.9 Å². The van der Waals surface area contributed by atoms with Gasteiger partial charge in [0.05, 0.1) is 0 Å². The van der Waals surface area contributed by atoms with Crippen molar-refractivity contribution in [3.05, 3.63) is 47.3 Å². The van der Waals surface area contributed by atoms with E-state index in [4.69, 9.17) is 12.2 Å². The van der Waals surface area contributed by atoms with E-state index in [1.165, 1.54) is 10.7 Å². The lowest BCUT2D eigenvalue weighted by Gasteiger charge is -2.13. The van der Waals surface area contributed by atoms with Gasteiger partial charge in [-0.3, -0.25) is 4.68 Å². The number of nitrogens with zero attached hydrogens (tertiary/aromatic N) is 2. The van der Waals surface area contributed by atoms with E-state index in [-0.39, 0.29) is 5.92 Å². The van der Waals surface area contributed by atoms with E-state index < -0.39 is 11.9 Å². The highest BCUT2D eigenvalue weighted by molar-refractivity contribution is 7.80. The summed E-state index contributed by atoms with van der Waals surface area (Å²) < 4.78 is 40.2. The van der Waals surface area contributed by atoms with Crippen LogP contribution in [0.25, 0.3) is 0 Å². The normalized spacial score (nSPS) is 14.3. The average molecular weight is 382 g/mol. The summed E-state index contributed by atoms with van der Waals surface area (Å²) in [4.78, 5) is 0. The minimum atomic E-state index is -4.40. The molecule has 140 valence electrons.